The van der Waals surface area contributed by atoms with E-state index in [2.05, 4.69) is 10.5 Å². The number of anilines is 1. The summed E-state index contributed by atoms with van der Waals surface area (Å²) in [6, 6.07) is 10.4. The average molecular weight is 439 g/mol. The molecule has 9 nitrogen and oxygen atoms in total. The van der Waals surface area contributed by atoms with Crippen molar-refractivity contribution in [1.82, 2.24) is 5.43 Å². The molecule has 29 heavy (non-hydrogen) atoms. The predicted octanol–water partition coefficient (Wildman–Crippen LogP) is 2.86. The number of amides is 1. The number of carbonyl (C=O) groups excluding carboxylic acids is 1. The highest BCUT2D eigenvalue weighted by molar-refractivity contribution is 7.92. The Bertz CT molecular complexity index is 1090. The lowest BCUT2D eigenvalue weighted by atomic mass is 10.1. The van der Waals surface area contributed by atoms with E-state index in [0.717, 1.165) is 10.6 Å². The molecule has 2 aromatic rings. The van der Waals surface area contributed by atoms with Gasteiger partial charge >= 0.3 is 0 Å². The van der Waals surface area contributed by atoms with E-state index in [9.17, 15) is 23.3 Å². The average Bonchev–Trinajstić information content (AvgIpc) is 2.64. The van der Waals surface area contributed by atoms with Crippen molar-refractivity contribution >= 4 is 44.6 Å². The number of sulfonamides is 1. The number of rotatable bonds is 7. The second-order valence-corrected chi connectivity index (χ2v) is 8.58. The second kappa shape index (κ2) is 9.01. The van der Waals surface area contributed by atoms with Crippen molar-refractivity contribution in [3.8, 4) is 0 Å². The molecular weight excluding hydrogens is 420 g/mol. The molecule has 2 aromatic carbocycles. The molecule has 2 rings (SSSR count). The largest absolute Gasteiger partial charge is 0.271 e. The number of non-ortho nitro benzene ring substituents is 1. The summed E-state index contributed by atoms with van der Waals surface area (Å²) in [5, 5.41) is 15.2. The first kappa shape index (κ1) is 22.3. The van der Waals surface area contributed by atoms with E-state index in [4.69, 9.17) is 11.6 Å². The van der Waals surface area contributed by atoms with E-state index in [1.54, 1.807) is 26.0 Å². The minimum Gasteiger partial charge on any atom is -0.271 e. The number of nitrogens with one attached hydrogen (secondary N) is 1. The predicted molar refractivity (Wildman–Crippen MR) is 112 cm³/mol. The summed E-state index contributed by atoms with van der Waals surface area (Å²) in [6.07, 6.45) is 0.992. The molecular formula is C18H19ClN4O5S. The molecule has 0 radical (unpaired) electrons. The highest BCUT2D eigenvalue weighted by Gasteiger charge is 2.22. The van der Waals surface area contributed by atoms with Crippen LogP contribution in [-0.4, -0.2) is 37.8 Å². The quantitative estimate of drug-likeness (QED) is 0.404. The van der Waals surface area contributed by atoms with E-state index in [1.165, 1.54) is 30.3 Å². The van der Waals surface area contributed by atoms with Gasteiger partial charge in [0.05, 0.1) is 22.6 Å². The first-order chi connectivity index (χ1) is 13.5. The Morgan fingerprint density at radius 3 is 2.55 bits per heavy atom. The number of nitro groups is 1. The van der Waals surface area contributed by atoms with Gasteiger partial charge in [0.15, 0.2) is 0 Å². The third-order valence-corrected chi connectivity index (χ3v) is 5.30. The van der Waals surface area contributed by atoms with Gasteiger partial charge in [0.2, 0.25) is 10.0 Å². The van der Waals surface area contributed by atoms with Crippen molar-refractivity contribution in [3.05, 3.63) is 68.7 Å². The van der Waals surface area contributed by atoms with Crippen LogP contribution >= 0.6 is 11.6 Å². The Hall–Kier alpha value is -2.98. The van der Waals surface area contributed by atoms with Crippen molar-refractivity contribution in [2.75, 3.05) is 17.1 Å². The van der Waals surface area contributed by atoms with Gasteiger partial charge in [0.1, 0.15) is 6.54 Å². The van der Waals surface area contributed by atoms with Gasteiger partial charge in [-0.25, -0.2) is 13.8 Å². The molecule has 0 saturated heterocycles. The lowest BCUT2D eigenvalue weighted by molar-refractivity contribution is -0.384. The molecule has 0 aromatic heterocycles. The lowest BCUT2D eigenvalue weighted by Gasteiger charge is -2.23. The monoisotopic (exact) mass is 438 g/mol. The SMILES string of the molecule is C/C(=N/NC(=O)CN(c1ccc(Cl)cc1C)S(C)(=O)=O)c1cccc([N+](=O)[O-])c1. The van der Waals surface area contributed by atoms with E-state index in [0.29, 0.717) is 27.5 Å². The maximum Gasteiger partial charge on any atom is 0.270 e. The zero-order valence-electron chi connectivity index (χ0n) is 15.9. The van der Waals surface area contributed by atoms with E-state index in [-0.39, 0.29) is 5.69 Å². The summed E-state index contributed by atoms with van der Waals surface area (Å²) in [5.74, 6) is -0.672. The Kier molecular flexibility index (Phi) is 6.93. The minimum absolute atomic E-state index is 0.107. The van der Waals surface area contributed by atoms with E-state index in [1.807, 2.05) is 0 Å². The van der Waals surface area contributed by atoms with Crippen LogP contribution in [0.5, 0.6) is 0 Å². The normalized spacial score (nSPS) is 11.8. The van der Waals surface area contributed by atoms with Crippen LogP contribution in [0.1, 0.15) is 18.1 Å². The molecule has 0 aliphatic carbocycles. The van der Waals surface area contributed by atoms with Gasteiger partial charge in [0.25, 0.3) is 11.6 Å². The van der Waals surface area contributed by atoms with Crippen LogP contribution in [0.3, 0.4) is 0 Å². The number of nitrogens with zero attached hydrogens (tertiary/aromatic N) is 3. The van der Waals surface area contributed by atoms with Crippen LogP contribution in [0.25, 0.3) is 0 Å². The zero-order valence-corrected chi connectivity index (χ0v) is 17.5. The fraction of sp³-hybridized carbons (Fsp3) is 0.222. The summed E-state index contributed by atoms with van der Waals surface area (Å²) in [4.78, 5) is 22.6. The molecule has 0 aliphatic rings. The van der Waals surface area contributed by atoms with Gasteiger partial charge in [-0.1, -0.05) is 23.7 Å². The van der Waals surface area contributed by atoms with E-state index >= 15 is 0 Å². The molecule has 0 aliphatic heterocycles. The van der Waals surface area contributed by atoms with E-state index < -0.39 is 27.4 Å². The number of hydrazone groups is 1. The highest BCUT2D eigenvalue weighted by Crippen LogP contribution is 2.25. The molecule has 1 amide bonds. The number of aryl methyl sites for hydroxylation is 1. The molecule has 0 heterocycles. The van der Waals surface area contributed by atoms with Crippen molar-refractivity contribution in [3.63, 3.8) is 0 Å². The third kappa shape index (κ3) is 6.00. The number of halogens is 1. The van der Waals surface area contributed by atoms with Crippen molar-refractivity contribution in [2.45, 2.75) is 13.8 Å². The smallest absolute Gasteiger partial charge is 0.270 e. The molecule has 0 unspecified atom stereocenters. The summed E-state index contributed by atoms with van der Waals surface area (Å²) in [5.41, 5.74) is 3.87. The van der Waals surface area contributed by atoms with Gasteiger partial charge in [-0.15, -0.1) is 0 Å². The molecule has 154 valence electrons. The number of carbonyl (C=O) groups is 1. The number of nitro benzene ring substituents is 1. The summed E-state index contributed by atoms with van der Waals surface area (Å²) in [7, 11) is -3.75. The van der Waals surface area contributed by atoms with Gasteiger partial charge < -0.3 is 0 Å². The van der Waals surface area contributed by atoms with Crippen LogP contribution < -0.4 is 9.73 Å². The molecule has 0 atom stereocenters. The molecule has 11 heteroatoms. The van der Waals surface area contributed by atoms with Crippen LogP contribution in [0, 0.1) is 17.0 Å². The molecule has 0 bridgehead atoms. The maximum absolute atomic E-state index is 12.3. The number of hydrogen-bond acceptors (Lipinski definition) is 6. The van der Waals surface area contributed by atoms with Crippen molar-refractivity contribution in [2.24, 2.45) is 5.10 Å². The first-order valence-electron chi connectivity index (χ1n) is 8.31. The Labute approximate surface area is 173 Å². The minimum atomic E-state index is -3.75. The van der Waals surface area contributed by atoms with Crippen molar-refractivity contribution in [1.29, 1.82) is 0 Å². The van der Waals surface area contributed by atoms with Crippen LogP contribution in [0.2, 0.25) is 5.02 Å². The fourth-order valence-corrected chi connectivity index (χ4v) is 3.64. The lowest BCUT2D eigenvalue weighted by Crippen LogP contribution is -2.39. The Balaban J connectivity index is 2.19. The zero-order chi connectivity index (χ0) is 21.8. The van der Waals surface area contributed by atoms with Gasteiger partial charge in [-0.05, 0) is 37.6 Å². The molecule has 1 N–H and O–H groups in total. The molecule has 0 fully saturated rings. The number of hydrogen-bond donors (Lipinski definition) is 1. The van der Waals surface area contributed by atoms with Crippen LogP contribution in [0.4, 0.5) is 11.4 Å². The highest BCUT2D eigenvalue weighted by atomic mass is 35.5. The third-order valence-electron chi connectivity index (χ3n) is 3.94. The van der Waals surface area contributed by atoms with Crippen LogP contribution in [-0.2, 0) is 14.8 Å². The second-order valence-electron chi connectivity index (χ2n) is 6.24. The van der Waals surface area contributed by atoms with Crippen molar-refractivity contribution < 1.29 is 18.1 Å². The molecule has 0 spiro atoms. The Morgan fingerprint density at radius 2 is 1.97 bits per heavy atom. The standard InChI is InChI=1S/C18H19ClN4O5S/c1-12-9-15(19)7-8-17(12)22(29(3,27)28)11-18(24)21-20-13(2)14-5-4-6-16(10-14)23(25)26/h4-10H,11H2,1-3H3,(H,21,24)/b20-13-. The first-order valence-corrected chi connectivity index (χ1v) is 10.5. The van der Waals surface area contributed by atoms with Gasteiger partial charge in [0, 0.05) is 22.7 Å². The summed E-state index contributed by atoms with van der Waals surface area (Å²) >= 11 is 5.91. The summed E-state index contributed by atoms with van der Waals surface area (Å²) < 4.78 is 25.3. The maximum atomic E-state index is 12.3. The van der Waals surface area contributed by atoms with Crippen LogP contribution in [0.15, 0.2) is 47.6 Å². The Morgan fingerprint density at radius 1 is 1.28 bits per heavy atom. The molecule has 0 saturated carbocycles. The fourth-order valence-electron chi connectivity index (χ4n) is 2.50. The van der Waals surface area contributed by atoms with Gasteiger partial charge in [-0.3, -0.25) is 19.2 Å². The number of benzene rings is 2. The van der Waals surface area contributed by atoms with Gasteiger partial charge in [-0.2, -0.15) is 5.10 Å². The summed E-state index contributed by atoms with van der Waals surface area (Å²) in [6.45, 7) is 2.76. The topological polar surface area (TPSA) is 122 Å².